The maximum atomic E-state index is 14.5. The lowest BCUT2D eigenvalue weighted by Crippen LogP contribution is -2.12. The zero-order valence-electron chi connectivity index (χ0n) is 17.3. The first-order chi connectivity index (χ1) is 14.7. The van der Waals surface area contributed by atoms with E-state index in [1.54, 1.807) is 0 Å². The molecule has 1 N–H and O–H groups in total. The van der Waals surface area contributed by atoms with Crippen LogP contribution < -0.4 is 14.2 Å². The first-order valence-corrected chi connectivity index (χ1v) is 11.5. The monoisotopic (exact) mass is 447 g/mol. The second-order valence-electron chi connectivity index (χ2n) is 7.42. The average Bonchev–Trinajstić information content (AvgIpc) is 3.48. The number of benzene rings is 1. The van der Waals surface area contributed by atoms with Gasteiger partial charge >= 0.3 is 0 Å². The zero-order chi connectivity index (χ0) is 22.2. The van der Waals surface area contributed by atoms with Crippen LogP contribution in [0.3, 0.4) is 0 Å². The highest BCUT2D eigenvalue weighted by atomic mass is 32.2. The fourth-order valence-corrected chi connectivity index (χ4v) is 3.80. The van der Waals surface area contributed by atoms with Crippen LogP contribution in [0.5, 0.6) is 11.6 Å². The predicted octanol–water partition coefficient (Wildman–Crippen LogP) is 2.85. The van der Waals surface area contributed by atoms with E-state index in [-0.39, 0.29) is 29.4 Å². The Labute approximate surface area is 179 Å². The van der Waals surface area contributed by atoms with Crippen molar-refractivity contribution < 1.29 is 22.3 Å². The topological polar surface area (TPSA) is 108 Å². The summed E-state index contributed by atoms with van der Waals surface area (Å²) < 4.78 is 52.7. The van der Waals surface area contributed by atoms with Gasteiger partial charge in [-0.3, -0.25) is 9.40 Å². The van der Waals surface area contributed by atoms with Crippen molar-refractivity contribution in [2.75, 3.05) is 18.1 Å². The summed E-state index contributed by atoms with van der Waals surface area (Å²) in [5, 5.41) is 12.3. The highest BCUT2D eigenvalue weighted by molar-refractivity contribution is 7.92. The van der Waals surface area contributed by atoms with Gasteiger partial charge in [0.25, 0.3) is 5.88 Å². The predicted molar refractivity (Wildman–Crippen MR) is 112 cm³/mol. The van der Waals surface area contributed by atoms with Crippen LogP contribution in [0.2, 0.25) is 0 Å². The van der Waals surface area contributed by atoms with Crippen LogP contribution in [-0.4, -0.2) is 41.8 Å². The molecule has 1 aromatic carbocycles. The molecule has 0 saturated heterocycles. The van der Waals surface area contributed by atoms with Crippen LogP contribution in [-0.2, 0) is 23.7 Å². The Morgan fingerprint density at radius 2 is 2.00 bits per heavy atom. The van der Waals surface area contributed by atoms with Gasteiger partial charge in [-0.1, -0.05) is 0 Å². The number of aromatic nitrogens is 4. The molecule has 0 unspecified atom stereocenters. The summed E-state index contributed by atoms with van der Waals surface area (Å²) in [5.74, 6) is 0.423. The minimum absolute atomic E-state index is 0.0244. The quantitative estimate of drug-likeness (QED) is 0.566. The molecule has 31 heavy (non-hydrogen) atoms. The van der Waals surface area contributed by atoms with Crippen LogP contribution in [0.4, 0.5) is 10.1 Å². The summed E-state index contributed by atoms with van der Waals surface area (Å²) in [6, 6.07) is 7.64. The molecule has 1 aliphatic carbocycles. The average molecular weight is 447 g/mol. The van der Waals surface area contributed by atoms with Gasteiger partial charge in [0.05, 0.1) is 19.1 Å². The van der Waals surface area contributed by atoms with E-state index in [2.05, 4.69) is 20.0 Å². The van der Waals surface area contributed by atoms with Crippen LogP contribution in [0, 0.1) is 5.82 Å². The summed E-state index contributed by atoms with van der Waals surface area (Å²) in [7, 11) is -0.349. The molecule has 1 saturated carbocycles. The highest BCUT2D eigenvalue weighted by Crippen LogP contribution is 2.40. The lowest BCUT2D eigenvalue weighted by Gasteiger charge is -2.11. The Morgan fingerprint density at radius 3 is 2.68 bits per heavy atom. The fourth-order valence-electron chi connectivity index (χ4n) is 3.26. The Balaban J connectivity index is 1.57. The number of ether oxygens (including phenoxy) is 2. The SMILES string of the molecule is COc1nnc(-c2cc(OCc3cc(C4CC4)n(C)n3)ccc2F)cc1NS(C)(=O)=O. The minimum atomic E-state index is -3.59. The molecule has 0 radical (unpaired) electrons. The van der Waals surface area contributed by atoms with Gasteiger partial charge < -0.3 is 9.47 Å². The van der Waals surface area contributed by atoms with Gasteiger partial charge in [-0.2, -0.15) is 5.10 Å². The number of nitrogens with one attached hydrogen (secondary N) is 1. The van der Waals surface area contributed by atoms with Gasteiger partial charge in [0, 0.05) is 24.2 Å². The maximum Gasteiger partial charge on any atom is 0.257 e. The molecule has 2 aromatic heterocycles. The number of methoxy groups -OCH3 is 1. The van der Waals surface area contributed by atoms with E-state index < -0.39 is 15.8 Å². The van der Waals surface area contributed by atoms with Gasteiger partial charge in [0.1, 0.15) is 29.6 Å². The van der Waals surface area contributed by atoms with E-state index in [0.717, 1.165) is 11.9 Å². The van der Waals surface area contributed by atoms with Crippen LogP contribution in [0.1, 0.15) is 30.1 Å². The highest BCUT2D eigenvalue weighted by Gasteiger charge is 2.27. The second-order valence-corrected chi connectivity index (χ2v) is 9.16. The van der Waals surface area contributed by atoms with E-state index in [1.165, 1.54) is 49.9 Å². The Morgan fingerprint density at radius 1 is 1.23 bits per heavy atom. The van der Waals surface area contributed by atoms with E-state index in [9.17, 15) is 12.8 Å². The van der Waals surface area contributed by atoms with Crippen molar-refractivity contribution in [3.63, 3.8) is 0 Å². The molecule has 2 heterocycles. The number of hydrogen-bond donors (Lipinski definition) is 1. The maximum absolute atomic E-state index is 14.5. The third kappa shape index (κ3) is 4.93. The van der Waals surface area contributed by atoms with Gasteiger partial charge in [-0.25, -0.2) is 12.8 Å². The van der Waals surface area contributed by atoms with Gasteiger partial charge in [-0.15, -0.1) is 10.2 Å². The van der Waals surface area contributed by atoms with Gasteiger partial charge in [-0.05, 0) is 43.2 Å². The molecule has 4 rings (SSSR count). The molecule has 9 nitrogen and oxygen atoms in total. The fraction of sp³-hybridized carbons (Fsp3) is 0.350. The molecule has 1 fully saturated rings. The molecule has 0 bridgehead atoms. The Bertz CT molecular complexity index is 1220. The van der Waals surface area contributed by atoms with Crippen molar-refractivity contribution in [1.82, 2.24) is 20.0 Å². The van der Waals surface area contributed by atoms with E-state index in [4.69, 9.17) is 9.47 Å². The molecular weight excluding hydrogens is 425 g/mol. The van der Waals surface area contributed by atoms with E-state index in [0.29, 0.717) is 11.7 Å². The lowest BCUT2D eigenvalue weighted by atomic mass is 10.1. The van der Waals surface area contributed by atoms with Crippen LogP contribution >= 0.6 is 0 Å². The molecule has 0 aliphatic heterocycles. The number of sulfonamides is 1. The van der Waals surface area contributed by atoms with Crippen LogP contribution in [0.15, 0.2) is 30.3 Å². The zero-order valence-corrected chi connectivity index (χ0v) is 18.1. The van der Waals surface area contributed by atoms with E-state index >= 15 is 0 Å². The first kappa shape index (κ1) is 21.0. The summed E-state index contributed by atoms with van der Waals surface area (Å²) in [6.07, 6.45) is 3.36. The Kier molecular flexibility index (Phi) is 5.52. The van der Waals surface area contributed by atoms with Crippen molar-refractivity contribution >= 4 is 15.7 Å². The molecule has 164 valence electrons. The Hall–Kier alpha value is -3.21. The lowest BCUT2D eigenvalue weighted by molar-refractivity contribution is 0.299. The molecule has 0 spiro atoms. The number of nitrogens with zero attached hydrogens (tertiary/aromatic N) is 4. The number of aryl methyl sites for hydroxylation is 1. The normalized spacial score (nSPS) is 13.8. The van der Waals surface area contributed by atoms with Gasteiger partial charge in [0.15, 0.2) is 0 Å². The van der Waals surface area contributed by atoms with Crippen LogP contribution in [0.25, 0.3) is 11.3 Å². The summed E-state index contributed by atoms with van der Waals surface area (Å²) in [4.78, 5) is 0. The molecule has 0 amide bonds. The first-order valence-electron chi connectivity index (χ1n) is 9.58. The van der Waals surface area contributed by atoms with Crippen molar-refractivity contribution in [3.05, 3.63) is 47.5 Å². The third-order valence-electron chi connectivity index (χ3n) is 4.81. The third-order valence-corrected chi connectivity index (χ3v) is 5.40. The number of anilines is 1. The smallest absolute Gasteiger partial charge is 0.257 e. The van der Waals surface area contributed by atoms with Crippen molar-refractivity contribution in [3.8, 4) is 22.9 Å². The largest absolute Gasteiger partial charge is 0.487 e. The second kappa shape index (κ2) is 8.14. The summed E-state index contributed by atoms with van der Waals surface area (Å²) >= 11 is 0. The molecule has 3 aromatic rings. The molecular formula is C20H22FN5O4S. The molecule has 11 heteroatoms. The minimum Gasteiger partial charge on any atom is -0.487 e. The van der Waals surface area contributed by atoms with E-state index in [1.807, 2.05) is 17.8 Å². The summed E-state index contributed by atoms with van der Waals surface area (Å²) in [6.45, 7) is 0.237. The van der Waals surface area contributed by atoms with Gasteiger partial charge in [0.2, 0.25) is 10.0 Å². The molecule has 1 aliphatic rings. The molecule has 0 atom stereocenters. The van der Waals surface area contributed by atoms with Crippen molar-refractivity contribution in [2.24, 2.45) is 7.05 Å². The summed E-state index contributed by atoms with van der Waals surface area (Å²) in [5.41, 5.74) is 2.28. The number of hydrogen-bond acceptors (Lipinski definition) is 7. The number of rotatable bonds is 8. The van der Waals surface area contributed by atoms with Crippen molar-refractivity contribution in [2.45, 2.75) is 25.4 Å². The number of halogens is 1. The standard InChI is InChI=1S/C20H22FN5O4S/c1-26-19(12-4-5-12)8-13(24-26)11-30-14-6-7-16(21)15(9-14)17-10-18(25-31(3,27)28)20(29-2)23-22-17/h6-10,12H,4-5,11H2,1-3H3,(H,22,25). The van der Waals surface area contributed by atoms with Crippen molar-refractivity contribution in [1.29, 1.82) is 0 Å².